The lowest BCUT2D eigenvalue weighted by molar-refractivity contribution is -0.139. The highest BCUT2D eigenvalue weighted by molar-refractivity contribution is 5.76. The Labute approximate surface area is 94.5 Å². The maximum Gasteiger partial charge on any atom is 0.311 e. The van der Waals surface area contributed by atoms with E-state index in [-0.39, 0.29) is 13.0 Å². The zero-order chi connectivity index (χ0) is 12.1. The SMILES string of the molecule is COc1ccc(C(CCO)C(=O)O)cc1C. The first-order chi connectivity index (χ1) is 7.60. The molecule has 0 fully saturated rings. The molecule has 1 rings (SSSR count). The normalized spacial score (nSPS) is 12.2. The van der Waals surface area contributed by atoms with Gasteiger partial charge < -0.3 is 14.9 Å². The van der Waals surface area contributed by atoms with Gasteiger partial charge in [-0.15, -0.1) is 0 Å². The summed E-state index contributed by atoms with van der Waals surface area (Å²) in [6.07, 6.45) is 0.223. The lowest BCUT2D eigenvalue weighted by Crippen LogP contribution is -2.13. The molecule has 0 saturated heterocycles. The van der Waals surface area contributed by atoms with Gasteiger partial charge in [0.25, 0.3) is 0 Å². The summed E-state index contributed by atoms with van der Waals surface area (Å²) in [5, 5.41) is 17.9. The van der Waals surface area contributed by atoms with E-state index in [2.05, 4.69) is 0 Å². The second kappa shape index (κ2) is 5.51. The molecule has 0 radical (unpaired) electrons. The van der Waals surface area contributed by atoms with Gasteiger partial charge in [-0.05, 0) is 30.5 Å². The molecule has 1 atom stereocenters. The van der Waals surface area contributed by atoms with Gasteiger partial charge in [-0.3, -0.25) is 4.79 Å². The minimum absolute atomic E-state index is 0.137. The summed E-state index contributed by atoms with van der Waals surface area (Å²) < 4.78 is 5.10. The van der Waals surface area contributed by atoms with E-state index in [4.69, 9.17) is 14.9 Å². The number of aryl methyl sites for hydroxylation is 1. The first kappa shape index (κ1) is 12.5. The van der Waals surface area contributed by atoms with Crippen LogP contribution in [0.5, 0.6) is 5.75 Å². The summed E-state index contributed by atoms with van der Waals surface area (Å²) >= 11 is 0. The molecule has 4 nitrogen and oxygen atoms in total. The molecule has 0 aliphatic heterocycles. The summed E-state index contributed by atoms with van der Waals surface area (Å²) in [4.78, 5) is 11.0. The summed E-state index contributed by atoms with van der Waals surface area (Å²) in [7, 11) is 1.57. The van der Waals surface area contributed by atoms with Crippen molar-refractivity contribution in [3.63, 3.8) is 0 Å². The van der Waals surface area contributed by atoms with Gasteiger partial charge in [0.2, 0.25) is 0 Å². The van der Waals surface area contributed by atoms with Crippen molar-refractivity contribution < 1.29 is 19.7 Å². The van der Waals surface area contributed by atoms with E-state index in [9.17, 15) is 4.79 Å². The average molecular weight is 224 g/mol. The van der Waals surface area contributed by atoms with E-state index in [0.29, 0.717) is 5.56 Å². The Balaban J connectivity index is 3.01. The molecule has 0 aromatic heterocycles. The highest BCUT2D eigenvalue weighted by atomic mass is 16.5. The van der Waals surface area contributed by atoms with E-state index in [1.807, 2.05) is 6.92 Å². The molecule has 0 spiro atoms. The van der Waals surface area contributed by atoms with Crippen LogP contribution in [-0.2, 0) is 4.79 Å². The fourth-order valence-corrected chi connectivity index (χ4v) is 1.68. The van der Waals surface area contributed by atoms with Gasteiger partial charge in [-0.25, -0.2) is 0 Å². The zero-order valence-corrected chi connectivity index (χ0v) is 9.43. The molecular weight excluding hydrogens is 208 g/mol. The topological polar surface area (TPSA) is 66.8 Å². The molecule has 0 aliphatic carbocycles. The van der Waals surface area contributed by atoms with Crippen LogP contribution in [-0.4, -0.2) is 29.9 Å². The molecule has 1 unspecified atom stereocenters. The van der Waals surface area contributed by atoms with Gasteiger partial charge in [-0.1, -0.05) is 12.1 Å². The summed E-state index contributed by atoms with van der Waals surface area (Å²) in [5.41, 5.74) is 1.59. The molecule has 88 valence electrons. The smallest absolute Gasteiger partial charge is 0.311 e. The number of hydrogen-bond donors (Lipinski definition) is 2. The second-order valence-corrected chi connectivity index (χ2v) is 3.63. The number of ether oxygens (including phenoxy) is 1. The van der Waals surface area contributed by atoms with Gasteiger partial charge in [0.15, 0.2) is 0 Å². The number of methoxy groups -OCH3 is 1. The van der Waals surface area contributed by atoms with E-state index >= 15 is 0 Å². The van der Waals surface area contributed by atoms with Crippen molar-refractivity contribution in [3.8, 4) is 5.75 Å². The van der Waals surface area contributed by atoms with Crippen LogP contribution in [0.25, 0.3) is 0 Å². The van der Waals surface area contributed by atoms with E-state index in [1.165, 1.54) is 0 Å². The molecule has 0 heterocycles. The number of carboxylic acids is 1. The van der Waals surface area contributed by atoms with Crippen LogP contribution >= 0.6 is 0 Å². The minimum atomic E-state index is -0.918. The highest BCUT2D eigenvalue weighted by Crippen LogP contribution is 2.25. The van der Waals surface area contributed by atoms with Gasteiger partial charge in [0, 0.05) is 6.61 Å². The lowest BCUT2D eigenvalue weighted by atomic mass is 9.94. The molecule has 16 heavy (non-hydrogen) atoms. The Hall–Kier alpha value is -1.55. The zero-order valence-electron chi connectivity index (χ0n) is 9.43. The Kier molecular flexibility index (Phi) is 4.31. The Morgan fingerprint density at radius 1 is 1.50 bits per heavy atom. The third-order valence-corrected chi connectivity index (χ3v) is 2.54. The van der Waals surface area contributed by atoms with Crippen molar-refractivity contribution >= 4 is 5.97 Å². The first-order valence-electron chi connectivity index (χ1n) is 5.08. The average Bonchev–Trinajstić information content (AvgIpc) is 2.25. The number of carbonyl (C=O) groups is 1. The van der Waals surface area contributed by atoms with Crippen molar-refractivity contribution in [1.82, 2.24) is 0 Å². The Bertz CT molecular complexity index is 373. The van der Waals surface area contributed by atoms with Crippen LogP contribution in [0.1, 0.15) is 23.5 Å². The fourth-order valence-electron chi connectivity index (χ4n) is 1.68. The van der Waals surface area contributed by atoms with Crippen LogP contribution in [0.3, 0.4) is 0 Å². The largest absolute Gasteiger partial charge is 0.496 e. The predicted molar refractivity (Wildman–Crippen MR) is 59.8 cm³/mol. The molecular formula is C12H16O4. The van der Waals surface area contributed by atoms with Gasteiger partial charge in [-0.2, -0.15) is 0 Å². The predicted octanol–water partition coefficient (Wildman–Crippen LogP) is 1.55. The van der Waals surface area contributed by atoms with Crippen LogP contribution in [0, 0.1) is 6.92 Å². The van der Waals surface area contributed by atoms with Crippen molar-refractivity contribution in [2.75, 3.05) is 13.7 Å². The quantitative estimate of drug-likeness (QED) is 0.796. The standard InChI is InChI=1S/C12H16O4/c1-8-7-9(3-4-11(8)16-2)10(5-6-13)12(14)15/h3-4,7,10,13H,5-6H2,1-2H3,(H,14,15). The third-order valence-electron chi connectivity index (χ3n) is 2.54. The second-order valence-electron chi connectivity index (χ2n) is 3.63. The van der Waals surface area contributed by atoms with Crippen LogP contribution in [0.15, 0.2) is 18.2 Å². The van der Waals surface area contributed by atoms with E-state index in [0.717, 1.165) is 11.3 Å². The number of rotatable bonds is 5. The van der Waals surface area contributed by atoms with Crippen molar-refractivity contribution in [2.45, 2.75) is 19.3 Å². The molecule has 0 saturated carbocycles. The number of hydrogen-bond acceptors (Lipinski definition) is 3. The monoisotopic (exact) mass is 224 g/mol. The van der Waals surface area contributed by atoms with Gasteiger partial charge in [0.05, 0.1) is 13.0 Å². The molecule has 2 N–H and O–H groups in total. The highest BCUT2D eigenvalue weighted by Gasteiger charge is 2.19. The lowest BCUT2D eigenvalue weighted by Gasteiger charge is -2.13. The van der Waals surface area contributed by atoms with Crippen molar-refractivity contribution in [1.29, 1.82) is 0 Å². The molecule has 1 aromatic rings. The summed E-state index contributed by atoms with van der Waals surface area (Å²) in [6.45, 7) is 1.72. The number of aliphatic carboxylic acids is 1. The van der Waals surface area contributed by atoms with Gasteiger partial charge >= 0.3 is 5.97 Å². The van der Waals surface area contributed by atoms with Crippen LogP contribution in [0.4, 0.5) is 0 Å². The maximum absolute atomic E-state index is 11.0. The Morgan fingerprint density at radius 2 is 2.19 bits per heavy atom. The number of aliphatic hydroxyl groups excluding tert-OH is 1. The molecule has 0 aliphatic rings. The van der Waals surface area contributed by atoms with E-state index < -0.39 is 11.9 Å². The number of carboxylic acid groups (broad SMARTS) is 1. The molecule has 4 heteroatoms. The van der Waals surface area contributed by atoms with Crippen molar-refractivity contribution in [3.05, 3.63) is 29.3 Å². The van der Waals surface area contributed by atoms with Crippen LogP contribution < -0.4 is 4.74 Å². The van der Waals surface area contributed by atoms with Gasteiger partial charge in [0.1, 0.15) is 5.75 Å². The van der Waals surface area contributed by atoms with E-state index in [1.54, 1.807) is 25.3 Å². The third kappa shape index (κ3) is 2.73. The molecule has 1 aromatic carbocycles. The Morgan fingerprint density at radius 3 is 2.62 bits per heavy atom. The minimum Gasteiger partial charge on any atom is -0.496 e. The van der Waals surface area contributed by atoms with Crippen molar-refractivity contribution in [2.24, 2.45) is 0 Å². The summed E-state index contributed by atoms with van der Waals surface area (Å²) in [6, 6.07) is 5.26. The number of benzene rings is 1. The van der Waals surface area contributed by atoms with Crippen LogP contribution in [0.2, 0.25) is 0 Å². The number of aliphatic hydroxyl groups is 1. The molecule has 0 bridgehead atoms. The fraction of sp³-hybridized carbons (Fsp3) is 0.417. The molecule has 0 amide bonds. The first-order valence-corrected chi connectivity index (χ1v) is 5.08. The maximum atomic E-state index is 11.0. The summed E-state index contributed by atoms with van der Waals surface area (Å²) in [5.74, 6) is -0.842.